The van der Waals surface area contributed by atoms with Gasteiger partial charge in [0.2, 0.25) is 11.8 Å². The zero-order valence-corrected chi connectivity index (χ0v) is 13.9. The second-order valence-electron chi connectivity index (χ2n) is 4.17. The zero-order chi connectivity index (χ0) is 16.4. The Morgan fingerprint density at radius 2 is 1.57 bits per heavy atom. The van der Waals surface area contributed by atoms with Crippen molar-refractivity contribution < 1.29 is 24.3 Å². The van der Waals surface area contributed by atoms with Gasteiger partial charge in [-0.05, 0) is 13.3 Å². The summed E-state index contributed by atoms with van der Waals surface area (Å²) in [6.07, 6.45) is 0.0169. The summed E-state index contributed by atoms with van der Waals surface area (Å²) in [6.45, 7) is 3.27. The van der Waals surface area contributed by atoms with E-state index in [0.717, 1.165) is 0 Å². The highest BCUT2D eigenvalue weighted by Gasteiger charge is 2.17. The van der Waals surface area contributed by atoms with Crippen molar-refractivity contribution in [3.63, 3.8) is 0 Å². The minimum Gasteiger partial charge on any atom is -0.478 e. The number of hydrogen-bond donors (Lipinski definition) is 4. The number of carboxylic acids is 1. The van der Waals surface area contributed by atoms with Crippen LogP contribution < -0.4 is 14.2 Å². The van der Waals surface area contributed by atoms with E-state index in [-0.39, 0.29) is 42.3 Å². The molecule has 0 aromatic heterocycles. The first-order chi connectivity index (χ1) is 9.79. The summed E-state index contributed by atoms with van der Waals surface area (Å²) in [4.78, 5) is 44.7. The normalized spacial score (nSPS) is 11.2. The number of aliphatic carboxylic acids is 1. The van der Waals surface area contributed by atoms with Gasteiger partial charge in [0.15, 0.2) is 0 Å². The average Bonchev–Trinajstić information content (AvgIpc) is 2.42. The van der Waals surface area contributed by atoms with Gasteiger partial charge in [0, 0.05) is 37.6 Å². The van der Waals surface area contributed by atoms with Crippen molar-refractivity contribution in [3.8, 4) is 0 Å². The highest BCUT2D eigenvalue weighted by Crippen LogP contribution is 2.12. The summed E-state index contributed by atoms with van der Waals surface area (Å²) in [7, 11) is 0. The first kappa shape index (κ1) is 19.4. The number of carbonyl (C=O) groups is 4. The molecular weight excluding hydrogens is 393 g/mol. The SMILES string of the molecule is CC(=O)NCCNC(=O)CC/C(C(=O)NI)=C(\C)C(=O)O. The van der Waals surface area contributed by atoms with Crippen LogP contribution in [-0.2, 0) is 19.2 Å². The van der Waals surface area contributed by atoms with Gasteiger partial charge in [-0.25, -0.2) is 4.79 Å². The van der Waals surface area contributed by atoms with Crippen LogP contribution >= 0.6 is 22.9 Å². The predicted octanol–water partition coefficient (Wildman–Crippen LogP) is -0.114. The van der Waals surface area contributed by atoms with Gasteiger partial charge in [0.25, 0.3) is 5.91 Å². The number of halogens is 1. The lowest BCUT2D eigenvalue weighted by Crippen LogP contribution is -2.33. The standard InChI is InChI=1S/C12H18IN3O5/c1-7(12(20)21)9(11(19)16-13)3-4-10(18)15-6-5-14-8(2)17/h3-6H2,1-2H3,(H,14,17)(H,15,18)(H,16,19)(H,20,21)/b9-7-. The fourth-order valence-electron chi connectivity index (χ4n) is 1.42. The Kier molecular flexibility index (Phi) is 9.34. The van der Waals surface area contributed by atoms with Crippen LogP contribution in [0, 0.1) is 0 Å². The topological polar surface area (TPSA) is 125 Å². The molecule has 0 fully saturated rings. The van der Waals surface area contributed by atoms with Crippen molar-refractivity contribution in [2.45, 2.75) is 26.7 Å². The van der Waals surface area contributed by atoms with E-state index in [1.165, 1.54) is 13.8 Å². The van der Waals surface area contributed by atoms with E-state index in [1.54, 1.807) is 22.9 Å². The summed E-state index contributed by atoms with van der Waals surface area (Å²) in [5.74, 6) is -2.24. The maximum atomic E-state index is 11.6. The Bertz CT molecular complexity index is 462. The smallest absolute Gasteiger partial charge is 0.331 e. The number of amides is 3. The molecule has 9 heteroatoms. The van der Waals surface area contributed by atoms with E-state index < -0.39 is 11.9 Å². The second kappa shape index (κ2) is 10.1. The first-order valence-electron chi connectivity index (χ1n) is 6.14. The minimum atomic E-state index is -1.20. The molecule has 0 aliphatic carbocycles. The number of carboxylic acid groups (broad SMARTS) is 1. The van der Waals surface area contributed by atoms with Crippen LogP contribution in [0.3, 0.4) is 0 Å². The van der Waals surface area contributed by atoms with Crippen LogP contribution in [0.1, 0.15) is 26.7 Å². The fraction of sp³-hybridized carbons (Fsp3) is 0.500. The molecule has 0 saturated carbocycles. The molecule has 0 aliphatic heterocycles. The minimum absolute atomic E-state index is 0.00984. The maximum absolute atomic E-state index is 11.6. The molecule has 0 bridgehead atoms. The van der Waals surface area contributed by atoms with Crippen LogP contribution in [0.25, 0.3) is 0 Å². The molecular formula is C12H18IN3O5. The highest BCUT2D eigenvalue weighted by atomic mass is 127. The molecule has 0 aromatic carbocycles. The summed E-state index contributed by atoms with van der Waals surface area (Å²) >= 11 is 1.61. The Balaban J connectivity index is 4.40. The highest BCUT2D eigenvalue weighted by molar-refractivity contribution is 14.1. The average molecular weight is 411 g/mol. The van der Waals surface area contributed by atoms with Crippen molar-refractivity contribution in [2.75, 3.05) is 13.1 Å². The fourth-order valence-corrected chi connectivity index (χ4v) is 1.75. The number of rotatable bonds is 8. The molecule has 0 unspecified atom stereocenters. The van der Waals surface area contributed by atoms with E-state index in [2.05, 4.69) is 14.2 Å². The number of carbonyl (C=O) groups excluding carboxylic acids is 3. The van der Waals surface area contributed by atoms with E-state index in [4.69, 9.17) is 5.11 Å². The summed E-state index contributed by atoms with van der Waals surface area (Å²) in [5.41, 5.74) is -0.0240. The van der Waals surface area contributed by atoms with Crippen molar-refractivity contribution >= 4 is 46.6 Å². The van der Waals surface area contributed by atoms with Gasteiger partial charge >= 0.3 is 5.97 Å². The monoisotopic (exact) mass is 411 g/mol. The lowest BCUT2D eigenvalue weighted by molar-refractivity contribution is -0.133. The molecule has 3 amide bonds. The van der Waals surface area contributed by atoms with Gasteiger partial charge in [0.1, 0.15) is 0 Å². The lowest BCUT2D eigenvalue weighted by Gasteiger charge is -2.09. The van der Waals surface area contributed by atoms with Crippen molar-refractivity contribution in [3.05, 3.63) is 11.1 Å². The molecule has 0 radical (unpaired) electrons. The van der Waals surface area contributed by atoms with Gasteiger partial charge < -0.3 is 15.7 Å². The van der Waals surface area contributed by atoms with Crippen LogP contribution in [-0.4, -0.2) is 41.9 Å². The van der Waals surface area contributed by atoms with Crippen LogP contribution in [0.15, 0.2) is 11.1 Å². The third-order valence-electron chi connectivity index (χ3n) is 2.56. The molecule has 118 valence electrons. The molecule has 0 rings (SSSR count). The first-order valence-corrected chi connectivity index (χ1v) is 7.22. The molecule has 0 aromatic rings. The Hall–Kier alpha value is -1.65. The summed E-state index contributed by atoms with van der Waals surface area (Å²) < 4.78 is 2.32. The maximum Gasteiger partial charge on any atom is 0.331 e. The molecule has 4 N–H and O–H groups in total. The summed E-state index contributed by atoms with van der Waals surface area (Å²) in [6, 6.07) is 0. The molecule has 0 spiro atoms. The quantitative estimate of drug-likeness (QED) is 0.192. The Labute approximate surface area is 136 Å². The van der Waals surface area contributed by atoms with Crippen LogP contribution in [0.4, 0.5) is 0 Å². The molecule has 0 saturated heterocycles. The van der Waals surface area contributed by atoms with Gasteiger partial charge in [0.05, 0.1) is 22.9 Å². The third kappa shape index (κ3) is 8.27. The zero-order valence-electron chi connectivity index (χ0n) is 11.8. The van der Waals surface area contributed by atoms with Gasteiger partial charge in [-0.2, -0.15) is 0 Å². The largest absolute Gasteiger partial charge is 0.478 e. The van der Waals surface area contributed by atoms with E-state index in [9.17, 15) is 19.2 Å². The summed E-state index contributed by atoms with van der Waals surface area (Å²) in [5, 5.41) is 14.0. The number of nitrogens with one attached hydrogen (secondary N) is 3. The van der Waals surface area contributed by atoms with Gasteiger partial charge in [-0.3, -0.25) is 17.9 Å². The third-order valence-corrected chi connectivity index (χ3v) is 3.05. The predicted molar refractivity (Wildman–Crippen MR) is 83.4 cm³/mol. The van der Waals surface area contributed by atoms with Crippen LogP contribution in [0.5, 0.6) is 0 Å². The van der Waals surface area contributed by atoms with Crippen molar-refractivity contribution in [2.24, 2.45) is 0 Å². The Morgan fingerprint density at radius 3 is 2.05 bits per heavy atom. The second-order valence-corrected chi connectivity index (χ2v) is 4.70. The van der Waals surface area contributed by atoms with E-state index in [1.807, 2.05) is 0 Å². The molecule has 8 nitrogen and oxygen atoms in total. The number of hydrogen-bond acceptors (Lipinski definition) is 4. The molecule has 21 heavy (non-hydrogen) atoms. The molecule has 0 atom stereocenters. The van der Waals surface area contributed by atoms with Crippen LogP contribution in [0.2, 0.25) is 0 Å². The van der Waals surface area contributed by atoms with E-state index >= 15 is 0 Å². The van der Waals surface area contributed by atoms with Gasteiger partial charge in [-0.15, -0.1) is 0 Å². The van der Waals surface area contributed by atoms with Crippen molar-refractivity contribution in [1.82, 2.24) is 14.2 Å². The molecule has 0 aliphatic rings. The van der Waals surface area contributed by atoms with Crippen molar-refractivity contribution in [1.29, 1.82) is 0 Å². The Morgan fingerprint density at radius 1 is 1.00 bits per heavy atom. The van der Waals surface area contributed by atoms with E-state index in [0.29, 0.717) is 6.54 Å². The van der Waals surface area contributed by atoms with Gasteiger partial charge in [-0.1, -0.05) is 0 Å². The molecule has 0 heterocycles. The lowest BCUT2D eigenvalue weighted by atomic mass is 10.0.